The summed E-state index contributed by atoms with van der Waals surface area (Å²) in [5.41, 5.74) is 4.24. The van der Waals surface area contributed by atoms with Gasteiger partial charge in [-0.15, -0.1) is 0 Å². The zero-order valence-corrected chi connectivity index (χ0v) is 18.3. The van der Waals surface area contributed by atoms with Crippen LogP contribution in [0.1, 0.15) is 37.1 Å². The quantitative estimate of drug-likeness (QED) is 0.555. The molecule has 1 aliphatic heterocycles. The van der Waals surface area contributed by atoms with E-state index in [9.17, 15) is 18.0 Å². The van der Waals surface area contributed by atoms with Gasteiger partial charge in [0.15, 0.2) is 0 Å². The molecule has 0 unspecified atom stereocenters. The second-order valence-electron chi connectivity index (χ2n) is 9.06. The third kappa shape index (κ3) is 4.64. The number of aromatic nitrogens is 4. The third-order valence-electron chi connectivity index (χ3n) is 6.81. The van der Waals surface area contributed by atoms with E-state index in [1.807, 2.05) is 23.0 Å². The maximum atomic E-state index is 13.4. The second kappa shape index (κ2) is 8.85. The van der Waals surface area contributed by atoms with Crippen LogP contribution in [0, 0.1) is 5.92 Å². The van der Waals surface area contributed by atoms with E-state index >= 15 is 0 Å². The van der Waals surface area contributed by atoms with Crippen molar-refractivity contribution >= 4 is 16.7 Å². The Morgan fingerprint density at radius 2 is 1.91 bits per heavy atom. The average Bonchev–Trinajstić information content (AvgIpc) is 3.22. The minimum atomic E-state index is -2.64. The molecule has 3 aromatic rings. The molecule has 2 aliphatic rings. The highest BCUT2D eigenvalue weighted by molar-refractivity contribution is 5.86. The molecule has 9 heteroatoms. The van der Waals surface area contributed by atoms with Gasteiger partial charge in [-0.1, -0.05) is 0 Å². The predicted octanol–water partition coefficient (Wildman–Crippen LogP) is 4.22. The summed E-state index contributed by atoms with van der Waals surface area (Å²) in [6.07, 6.45) is 5.41. The Morgan fingerprint density at radius 3 is 2.70 bits per heavy atom. The molecule has 0 atom stereocenters. The standard InChI is InChI=1S/C24H26F3N5O/c25-5-6-31-7-8-32-22(15-31)20(13-30-32)18-9-17-10-19(28-14-21(17)29-12-18)11-23(33)16-1-3-24(26,27)4-2-16/h9-10,12-14,16H,1-8,11,15H2. The number of carbonyl (C=O) groups is 1. The number of halogens is 3. The summed E-state index contributed by atoms with van der Waals surface area (Å²) in [5, 5.41) is 5.34. The Bertz CT molecular complexity index is 1170. The maximum absolute atomic E-state index is 13.4. The van der Waals surface area contributed by atoms with Crippen LogP contribution in [-0.2, 0) is 24.3 Å². The lowest BCUT2D eigenvalue weighted by Gasteiger charge is -2.27. The van der Waals surface area contributed by atoms with Crippen LogP contribution < -0.4 is 0 Å². The Hall–Kier alpha value is -2.81. The summed E-state index contributed by atoms with van der Waals surface area (Å²) in [6, 6.07) is 3.86. The van der Waals surface area contributed by atoms with E-state index in [-0.39, 0.29) is 50.5 Å². The van der Waals surface area contributed by atoms with Crippen molar-refractivity contribution in [1.82, 2.24) is 24.6 Å². The fourth-order valence-electron chi connectivity index (χ4n) is 4.85. The van der Waals surface area contributed by atoms with E-state index in [0.717, 1.165) is 35.3 Å². The Morgan fingerprint density at radius 1 is 1.09 bits per heavy atom. The number of hydrogen-bond acceptors (Lipinski definition) is 5. The summed E-state index contributed by atoms with van der Waals surface area (Å²) in [5.74, 6) is -2.99. The number of hydrogen-bond donors (Lipinski definition) is 0. The van der Waals surface area contributed by atoms with Crippen LogP contribution in [0.15, 0.2) is 30.7 Å². The van der Waals surface area contributed by atoms with Gasteiger partial charge in [-0.25, -0.2) is 13.2 Å². The Labute approximate surface area is 189 Å². The molecule has 4 heterocycles. The number of ketones is 1. The van der Waals surface area contributed by atoms with Crippen molar-refractivity contribution in [2.75, 3.05) is 19.8 Å². The first kappa shape index (κ1) is 22.0. The highest BCUT2D eigenvalue weighted by atomic mass is 19.3. The van der Waals surface area contributed by atoms with Gasteiger partial charge >= 0.3 is 0 Å². The summed E-state index contributed by atoms with van der Waals surface area (Å²) < 4.78 is 41.6. The zero-order chi connectivity index (χ0) is 23.0. The van der Waals surface area contributed by atoms with Gasteiger partial charge in [-0.2, -0.15) is 5.10 Å². The molecule has 1 aliphatic carbocycles. The van der Waals surface area contributed by atoms with Crippen LogP contribution in [-0.4, -0.2) is 56.1 Å². The maximum Gasteiger partial charge on any atom is 0.248 e. The molecule has 0 spiro atoms. The number of carbonyl (C=O) groups excluding carboxylic acids is 1. The van der Waals surface area contributed by atoms with Crippen LogP contribution in [0.4, 0.5) is 13.2 Å². The number of rotatable bonds is 6. The minimum absolute atomic E-state index is 0.0277. The van der Waals surface area contributed by atoms with E-state index < -0.39 is 5.92 Å². The molecule has 0 radical (unpaired) electrons. The summed E-state index contributed by atoms with van der Waals surface area (Å²) in [4.78, 5) is 23.6. The lowest BCUT2D eigenvalue weighted by atomic mass is 9.83. The van der Waals surface area contributed by atoms with Crippen molar-refractivity contribution in [3.8, 4) is 11.1 Å². The molecule has 33 heavy (non-hydrogen) atoms. The third-order valence-corrected chi connectivity index (χ3v) is 6.81. The molecule has 6 nitrogen and oxygen atoms in total. The van der Waals surface area contributed by atoms with Crippen molar-refractivity contribution in [2.45, 2.75) is 51.1 Å². The highest BCUT2D eigenvalue weighted by Crippen LogP contribution is 2.37. The summed E-state index contributed by atoms with van der Waals surface area (Å²) in [6.45, 7) is 2.16. The first-order chi connectivity index (χ1) is 15.9. The fraction of sp³-hybridized carbons (Fsp3) is 0.500. The van der Waals surface area contributed by atoms with Crippen LogP contribution >= 0.6 is 0 Å². The van der Waals surface area contributed by atoms with Crippen molar-refractivity contribution in [3.63, 3.8) is 0 Å². The van der Waals surface area contributed by atoms with E-state index in [4.69, 9.17) is 0 Å². The van der Waals surface area contributed by atoms with Gasteiger partial charge in [0, 0.05) is 73.2 Å². The van der Waals surface area contributed by atoms with Gasteiger partial charge in [0.2, 0.25) is 5.92 Å². The predicted molar refractivity (Wildman–Crippen MR) is 118 cm³/mol. The molecule has 0 N–H and O–H groups in total. The number of fused-ring (bicyclic) bond motifs is 2. The molecule has 0 saturated heterocycles. The molecule has 174 valence electrons. The molecular formula is C24H26F3N5O. The van der Waals surface area contributed by atoms with Gasteiger partial charge in [0.1, 0.15) is 12.5 Å². The smallest absolute Gasteiger partial charge is 0.248 e. The van der Waals surface area contributed by atoms with E-state index in [0.29, 0.717) is 24.3 Å². The zero-order valence-electron chi connectivity index (χ0n) is 18.3. The van der Waals surface area contributed by atoms with Gasteiger partial charge in [0.25, 0.3) is 0 Å². The van der Waals surface area contributed by atoms with Gasteiger partial charge in [0.05, 0.1) is 30.1 Å². The van der Waals surface area contributed by atoms with Crippen molar-refractivity contribution in [1.29, 1.82) is 0 Å². The van der Waals surface area contributed by atoms with Crippen molar-refractivity contribution in [3.05, 3.63) is 42.1 Å². The minimum Gasteiger partial charge on any atom is -0.299 e. The number of nitrogens with zero attached hydrogens (tertiary/aromatic N) is 5. The first-order valence-electron chi connectivity index (χ1n) is 11.4. The molecule has 1 fully saturated rings. The SMILES string of the molecule is O=C(Cc1cc2cc(-c3cnn4c3CN(CCF)CC4)cnc2cn1)C1CCC(F)(F)CC1. The lowest BCUT2D eigenvalue weighted by Crippen LogP contribution is -2.35. The van der Waals surface area contributed by atoms with Gasteiger partial charge in [-0.05, 0) is 25.0 Å². The number of alkyl halides is 3. The Kier molecular flexibility index (Phi) is 5.90. The normalized spacial score (nSPS) is 19.0. The largest absolute Gasteiger partial charge is 0.299 e. The fourth-order valence-corrected chi connectivity index (χ4v) is 4.85. The molecule has 0 aromatic carbocycles. The Balaban J connectivity index is 1.36. The van der Waals surface area contributed by atoms with E-state index in [1.165, 1.54) is 0 Å². The second-order valence-corrected chi connectivity index (χ2v) is 9.06. The van der Waals surface area contributed by atoms with Gasteiger partial charge < -0.3 is 0 Å². The van der Waals surface area contributed by atoms with Crippen LogP contribution in [0.3, 0.4) is 0 Å². The molecule has 0 bridgehead atoms. The summed E-state index contributed by atoms with van der Waals surface area (Å²) in [7, 11) is 0. The van der Waals surface area contributed by atoms with Crippen molar-refractivity contribution < 1.29 is 18.0 Å². The molecule has 3 aromatic heterocycles. The van der Waals surface area contributed by atoms with E-state index in [2.05, 4.69) is 20.0 Å². The van der Waals surface area contributed by atoms with Gasteiger partial charge in [-0.3, -0.25) is 24.3 Å². The van der Waals surface area contributed by atoms with Crippen LogP contribution in [0.5, 0.6) is 0 Å². The molecule has 0 amide bonds. The van der Waals surface area contributed by atoms with E-state index in [1.54, 1.807) is 12.4 Å². The number of pyridine rings is 2. The topological polar surface area (TPSA) is 63.9 Å². The molecule has 1 saturated carbocycles. The monoisotopic (exact) mass is 457 g/mol. The number of Topliss-reactive ketones (excluding diaryl/α,β-unsaturated/α-hetero) is 1. The molecular weight excluding hydrogens is 431 g/mol. The lowest BCUT2D eigenvalue weighted by molar-refractivity contribution is -0.126. The van der Waals surface area contributed by atoms with Crippen molar-refractivity contribution in [2.24, 2.45) is 5.92 Å². The highest BCUT2D eigenvalue weighted by Gasteiger charge is 2.37. The summed E-state index contributed by atoms with van der Waals surface area (Å²) >= 11 is 0. The van der Waals surface area contributed by atoms with Crippen LogP contribution in [0.25, 0.3) is 22.0 Å². The first-order valence-corrected chi connectivity index (χ1v) is 11.4. The van der Waals surface area contributed by atoms with Crippen LogP contribution in [0.2, 0.25) is 0 Å². The molecule has 5 rings (SSSR count). The average molecular weight is 458 g/mol.